The molecule has 15 heavy (non-hydrogen) atoms. The van der Waals surface area contributed by atoms with Crippen LogP contribution in [-0.2, 0) is 0 Å². The van der Waals surface area contributed by atoms with Gasteiger partial charge in [-0.15, -0.1) is 0 Å². The van der Waals surface area contributed by atoms with Crippen LogP contribution in [0.2, 0.25) is 0 Å². The molecule has 0 fully saturated rings. The molecule has 3 nitrogen and oxygen atoms in total. The quantitative estimate of drug-likeness (QED) is 0.701. The van der Waals surface area contributed by atoms with E-state index in [9.17, 15) is 0 Å². The Bertz CT molecular complexity index is 509. The summed E-state index contributed by atoms with van der Waals surface area (Å²) < 4.78 is 0. The molecule has 0 spiro atoms. The first-order chi connectivity index (χ1) is 7.29. The summed E-state index contributed by atoms with van der Waals surface area (Å²) in [7, 11) is 0. The van der Waals surface area contributed by atoms with E-state index >= 15 is 0 Å². The van der Waals surface area contributed by atoms with Crippen molar-refractivity contribution in [3.8, 4) is 17.3 Å². The Morgan fingerprint density at radius 1 is 1.20 bits per heavy atom. The normalized spacial score (nSPS) is 9.60. The maximum absolute atomic E-state index is 8.72. The third-order valence-corrected chi connectivity index (χ3v) is 2.07. The number of hydrogen-bond donors (Lipinski definition) is 0. The zero-order valence-electron chi connectivity index (χ0n) is 8.31. The van der Waals surface area contributed by atoms with E-state index < -0.39 is 0 Å². The lowest BCUT2D eigenvalue weighted by Gasteiger charge is -2.00. The molecule has 0 amide bonds. The fraction of sp³-hybridized carbons (Fsp3) is 0.0833. The van der Waals surface area contributed by atoms with Crippen molar-refractivity contribution in [3.05, 3.63) is 47.9 Å². The van der Waals surface area contributed by atoms with E-state index in [2.05, 4.69) is 9.97 Å². The molecule has 2 aromatic rings. The summed E-state index contributed by atoms with van der Waals surface area (Å²) in [5.41, 5.74) is 3.10. The Balaban J connectivity index is 2.46. The van der Waals surface area contributed by atoms with Crippen LogP contribution in [0.5, 0.6) is 0 Å². The molecule has 0 saturated carbocycles. The van der Waals surface area contributed by atoms with Gasteiger partial charge in [-0.25, -0.2) is 4.98 Å². The maximum atomic E-state index is 8.72. The first-order valence-corrected chi connectivity index (χ1v) is 4.60. The van der Waals surface area contributed by atoms with Gasteiger partial charge in [0.25, 0.3) is 0 Å². The van der Waals surface area contributed by atoms with Gasteiger partial charge in [0.2, 0.25) is 0 Å². The summed E-state index contributed by atoms with van der Waals surface area (Å²) in [6.07, 6.45) is 1.76. The Hall–Kier alpha value is -2.21. The highest BCUT2D eigenvalue weighted by molar-refractivity contribution is 5.58. The number of nitrogens with zero attached hydrogens (tertiary/aromatic N) is 3. The van der Waals surface area contributed by atoms with Crippen LogP contribution in [0.3, 0.4) is 0 Å². The number of aryl methyl sites for hydroxylation is 1. The molecule has 0 aliphatic rings. The smallest absolute Gasteiger partial charge is 0.141 e. The first-order valence-electron chi connectivity index (χ1n) is 4.60. The van der Waals surface area contributed by atoms with E-state index in [1.54, 1.807) is 12.3 Å². The Labute approximate surface area is 88.1 Å². The zero-order valence-corrected chi connectivity index (χ0v) is 8.31. The fourth-order valence-corrected chi connectivity index (χ4v) is 1.28. The molecule has 0 atom stereocenters. The van der Waals surface area contributed by atoms with E-state index in [4.69, 9.17) is 5.26 Å². The minimum atomic E-state index is 0.424. The average Bonchev–Trinajstić information content (AvgIpc) is 2.30. The number of nitriles is 1. The van der Waals surface area contributed by atoms with Crippen molar-refractivity contribution in [1.82, 2.24) is 9.97 Å². The van der Waals surface area contributed by atoms with Crippen molar-refractivity contribution in [2.75, 3.05) is 0 Å². The standard InChI is InChI=1S/C12H9N3/c1-9-5-6-10(8-14-9)12-4-2-3-11(7-13)15-12/h2-6,8H,1H3. The van der Waals surface area contributed by atoms with Crippen molar-refractivity contribution < 1.29 is 0 Å². The van der Waals surface area contributed by atoms with Crippen LogP contribution >= 0.6 is 0 Å². The molecule has 0 aliphatic carbocycles. The second-order valence-corrected chi connectivity index (χ2v) is 3.21. The molecule has 72 valence electrons. The molecular weight excluding hydrogens is 186 g/mol. The van der Waals surface area contributed by atoms with Gasteiger partial charge in [-0.2, -0.15) is 5.26 Å². The van der Waals surface area contributed by atoms with Crippen LogP contribution < -0.4 is 0 Å². The predicted molar refractivity (Wildman–Crippen MR) is 56.9 cm³/mol. The predicted octanol–water partition coefficient (Wildman–Crippen LogP) is 2.32. The number of rotatable bonds is 1. The highest BCUT2D eigenvalue weighted by Crippen LogP contribution is 2.15. The van der Waals surface area contributed by atoms with Crippen molar-refractivity contribution in [2.45, 2.75) is 6.92 Å². The molecule has 3 heteroatoms. The third kappa shape index (κ3) is 2.00. The molecule has 0 unspecified atom stereocenters. The Kier molecular flexibility index (Phi) is 2.42. The van der Waals surface area contributed by atoms with Crippen molar-refractivity contribution in [1.29, 1.82) is 5.26 Å². The largest absolute Gasteiger partial charge is 0.261 e. The summed E-state index contributed by atoms with van der Waals surface area (Å²) in [6.45, 7) is 1.93. The molecule has 0 radical (unpaired) electrons. The molecule has 2 aromatic heterocycles. The second-order valence-electron chi connectivity index (χ2n) is 3.21. The van der Waals surface area contributed by atoms with E-state index in [-0.39, 0.29) is 0 Å². The average molecular weight is 195 g/mol. The summed E-state index contributed by atoms with van der Waals surface area (Å²) in [6, 6.07) is 11.3. The minimum Gasteiger partial charge on any atom is -0.261 e. The summed E-state index contributed by atoms with van der Waals surface area (Å²) in [5, 5.41) is 8.72. The van der Waals surface area contributed by atoms with Gasteiger partial charge in [0.15, 0.2) is 0 Å². The van der Waals surface area contributed by atoms with Crippen LogP contribution in [0.25, 0.3) is 11.3 Å². The number of aromatic nitrogens is 2. The summed E-state index contributed by atoms with van der Waals surface area (Å²) in [5.74, 6) is 0. The fourth-order valence-electron chi connectivity index (χ4n) is 1.28. The van der Waals surface area contributed by atoms with Crippen molar-refractivity contribution >= 4 is 0 Å². The van der Waals surface area contributed by atoms with Gasteiger partial charge in [0.05, 0.1) is 5.69 Å². The molecular formula is C12H9N3. The van der Waals surface area contributed by atoms with Crippen LogP contribution in [0, 0.1) is 18.3 Å². The molecule has 2 heterocycles. The first kappa shape index (κ1) is 9.35. The van der Waals surface area contributed by atoms with Gasteiger partial charge >= 0.3 is 0 Å². The lowest BCUT2D eigenvalue weighted by molar-refractivity contribution is 1.19. The SMILES string of the molecule is Cc1ccc(-c2cccc(C#N)n2)cn1. The highest BCUT2D eigenvalue weighted by Gasteiger charge is 2.00. The van der Waals surface area contributed by atoms with E-state index in [1.165, 1.54) is 0 Å². The van der Waals surface area contributed by atoms with Gasteiger partial charge < -0.3 is 0 Å². The highest BCUT2D eigenvalue weighted by atomic mass is 14.7. The van der Waals surface area contributed by atoms with Gasteiger partial charge in [-0.05, 0) is 31.2 Å². The van der Waals surface area contributed by atoms with Crippen LogP contribution in [0.4, 0.5) is 0 Å². The lowest BCUT2D eigenvalue weighted by Crippen LogP contribution is -1.88. The van der Waals surface area contributed by atoms with Gasteiger partial charge in [0, 0.05) is 17.5 Å². The maximum Gasteiger partial charge on any atom is 0.141 e. The minimum absolute atomic E-state index is 0.424. The van der Waals surface area contributed by atoms with Gasteiger partial charge in [-0.1, -0.05) is 6.07 Å². The van der Waals surface area contributed by atoms with Crippen LogP contribution in [-0.4, -0.2) is 9.97 Å². The summed E-state index contributed by atoms with van der Waals surface area (Å²) >= 11 is 0. The van der Waals surface area contributed by atoms with E-state index in [0.29, 0.717) is 5.69 Å². The Morgan fingerprint density at radius 2 is 2.07 bits per heavy atom. The molecule has 0 aromatic carbocycles. The monoisotopic (exact) mass is 195 g/mol. The van der Waals surface area contributed by atoms with Crippen molar-refractivity contribution in [2.24, 2.45) is 0 Å². The second kappa shape index (κ2) is 3.89. The van der Waals surface area contributed by atoms with E-state index in [1.807, 2.05) is 37.3 Å². The van der Waals surface area contributed by atoms with E-state index in [0.717, 1.165) is 17.0 Å². The topological polar surface area (TPSA) is 49.6 Å². The molecule has 0 N–H and O–H groups in total. The molecule has 0 saturated heterocycles. The van der Waals surface area contributed by atoms with Crippen LogP contribution in [0.1, 0.15) is 11.4 Å². The third-order valence-electron chi connectivity index (χ3n) is 2.07. The van der Waals surface area contributed by atoms with Gasteiger partial charge in [0.1, 0.15) is 11.8 Å². The summed E-state index contributed by atoms with van der Waals surface area (Å²) in [4.78, 5) is 8.38. The number of hydrogen-bond acceptors (Lipinski definition) is 3. The molecule has 2 rings (SSSR count). The molecule has 0 bridgehead atoms. The number of pyridine rings is 2. The van der Waals surface area contributed by atoms with Gasteiger partial charge in [-0.3, -0.25) is 4.98 Å². The Morgan fingerprint density at radius 3 is 2.73 bits per heavy atom. The lowest BCUT2D eigenvalue weighted by atomic mass is 10.2. The zero-order chi connectivity index (χ0) is 10.7. The van der Waals surface area contributed by atoms with Crippen molar-refractivity contribution in [3.63, 3.8) is 0 Å². The van der Waals surface area contributed by atoms with Crippen LogP contribution in [0.15, 0.2) is 36.5 Å². The molecule has 0 aliphatic heterocycles.